The van der Waals surface area contributed by atoms with E-state index in [4.69, 9.17) is 0 Å². The van der Waals surface area contributed by atoms with Crippen LogP contribution in [0.2, 0.25) is 0 Å². The first kappa shape index (κ1) is 13.0. The highest BCUT2D eigenvalue weighted by Gasteiger charge is 2.04. The minimum Gasteiger partial charge on any atom is -0.354 e. The average molecular weight is 262 g/mol. The van der Waals surface area contributed by atoms with Gasteiger partial charge in [0, 0.05) is 25.8 Å². The second-order valence-corrected chi connectivity index (χ2v) is 4.99. The van der Waals surface area contributed by atoms with Gasteiger partial charge in [-0.3, -0.25) is 4.90 Å². The van der Waals surface area contributed by atoms with E-state index in [1.54, 1.807) is 17.5 Å². The molecule has 0 bridgehead atoms. The first-order valence-corrected chi connectivity index (χ1v) is 6.97. The lowest BCUT2D eigenvalue weighted by Crippen LogP contribution is -2.18. The van der Waals surface area contributed by atoms with Crippen molar-refractivity contribution >= 4 is 17.3 Å². The van der Waals surface area contributed by atoms with Crippen LogP contribution in [0.25, 0.3) is 0 Å². The SMILES string of the molecule is CCNc1nccc(CN(C)Cc2ccsc2)n1. The van der Waals surface area contributed by atoms with Crippen molar-refractivity contribution in [3.63, 3.8) is 0 Å². The van der Waals surface area contributed by atoms with Gasteiger partial charge in [-0.1, -0.05) is 0 Å². The molecule has 18 heavy (non-hydrogen) atoms. The van der Waals surface area contributed by atoms with Gasteiger partial charge in [-0.05, 0) is 42.4 Å². The molecule has 2 heterocycles. The zero-order chi connectivity index (χ0) is 12.8. The Hall–Kier alpha value is -1.46. The lowest BCUT2D eigenvalue weighted by Gasteiger charge is -2.15. The molecule has 1 N–H and O–H groups in total. The normalized spacial score (nSPS) is 10.8. The number of thiophene rings is 1. The van der Waals surface area contributed by atoms with Crippen molar-refractivity contribution in [2.75, 3.05) is 18.9 Å². The van der Waals surface area contributed by atoms with Gasteiger partial charge in [-0.25, -0.2) is 9.97 Å². The van der Waals surface area contributed by atoms with Crippen LogP contribution < -0.4 is 5.32 Å². The summed E-state index contributed by atoms with van der Waals surface area (Å²) >= 11 is 1.73. The van der Waals surface area contributed by atoms with Crippen LogP contribution in [-0.2, 0) is 13.1 Å². The number of anilines is 1. The highest BCUT2D eigenvalue weighted by molar-refractivity contribution is 7.07. The van der Waals surface area contributed by atoms with E-state index < -0.39 is 0 Å². The van der Waals surface area contributed by atoms with Crippen molar-refractivity contribution in [3.8, 4) is 0 Å². The zero-order valence-corrected chi connectivity index (χ0v) is 11.6. The van der Waals surface area contributed by atoms with Crippen LogP contribution >= 0.6 is 11.3 Å². The summed E-state index contributed by atoms with van der Waals surface area (Å²) in [6.07, 6.45) is 1.80. The fourth-order valence-corrected chi connectivity index (χ4v) is 2.41. The summed E-state index contributed by atoms with van der Waals surface area (Å²) in [6, 6.07) is 4.12. The molecule has 4 nitrogen and oxygen atoms in total. The van der Waals surface area contributed by atoms with Gasteiger partial charge in [-0.15, -0.1) is 0 Å². The molecule has 0 aliphatic heterocycles. The number of nitrogens with one attached hydrogen (secondary N) is 1. The van der Waals surface area contributed by atoms with Gasteiger partial charge < -0.3 is 5.32 Å². The minimum absolute atomic E-state index is 0.707. The van der Waals surface area contributed by atoms with E-state index in [0.717, 1.165) is 25.3 Å². The molecule has 0 radical (unpaired) electrons. The van der Waals surface area contributed by atoms with Crippen molar-refractivity contribution in [3.05, 3.63) is 40.3 Å². The third kappa shape index (κ3) is 3.78. The van der Waals surface area contributed by atoms with Crippen LogP contribution in [0, 0.1) is 0 Å². The van der Waals surface area contributed by atoms with Crippen molar-refractivity contribution in [2.45, 2.75) is 20.0 Å². The molecule has 96 valence electrons. The summed E-state index contributed by atoms with van der Waals surface area (Å²) in [5.74, 6) is 0.707. The number of rotatable bonds is 6. The van der Waals surface area contributed by atoms with E-state index in [-0.39, 0.29) is 0 Å². The van der Waals surface area contributed by atoms with Gasteiger partial charge in [0.2, 0.25) is 5.95 Å². The van der Waals surface area contributed by atoms with Crippen LogP contribution in [0.5, 0.6) is 0 Å². The molecule has 0 saturated heterocycles. The fraction of sp³-hybridized carbons (Fsp3) is 0.385. The molecule has 5 heteroatoms. The zero-order valence-electron chi connectivity index (χ0n) is 10.8. The lowest BCUT2D eigenvalue weighted by atomic mass is 10.3. The summed E-state index contributed by atoms with van der Waals surface area (Å²) in [7, 11) is 2.10. The maximum absolute atomic E-state index is 4.47. The number of hydrogen-bond donors (Lipinski definition) is 1. The van der Waals surface area contributed by atoms with Gasteiger partial charge in [0.15, 0.2) is 0 Å². The molecular formula is C13H18N4S. The Labute approximate surface area is 112 Å². The molecule has 0 amide bonds. The van der Waals surface area contributed by atoms with Crippen molar-refractivity contribution < 1.29 is 0 Å². The standard InChI is InChI=1S/C13H18N4S/c1-3-14-13-15-6-4-12(16-13)9-17(2)8-11-5-7-18-10-11/h4-7,10H,3,8-9H2,1-2H3,(H,14,15,16). The van der Waals surface area contributed by atoms with E-state index in [1.807, 2.05) is 13.0 Å². The maximum atomic E-state index is 4.47. The third-order valence-electron chi connectivity index (χ3n) is 2.51. The summed E-state index contributed by atoms with van der Waals surface area (Å²) in [5, 5.41) is 7.42. The summed E-state index contributed by atoms with van der Waals surface area (Å²) in [5.41, 5.74) is 2.39. The van der Waals surface area contributed by atoms with Crippen molar-refractivity contribution in [1.82, 2.24) is 14.9 Å². The summed E-state index contributed by atoms with van der Waals surface area (Å²) in [6.45, 7) is 4.66. The van der Waals surface area contributed by atoms with Gasteiger partial charge in [0.05, 0.1) is 5.69 Å². The highest BCUT2D eigenvalue weighted by atomic mass is 32.1. The number of aromatic nitrogens is 2. The quantitative estimate of drug-likeness (QED) is 0.869. The molecule has 0 unspecified atom stereocenters. The Morgan fingerprint density at radius 3 is 2.94 bits per heavy atom. The number of hydrogen-bond acceptors (Lipinski definition) is 5. The summed E-state index contributed by atoms with van der Waals surface area (Å²) < 4.78 is 0. The molecule has 0 aliphatic rings. The second kappa shape index (κ2) is 6.47. The highest BCUT2D eigenvalue weighted by Crippen LogP contribution is 2.10. The molecule has 0 saturated carbocycles. The molecule has 0 fully saturated rings. The monoisotopic (exact) mass is 262 g/mol. The van der Waals surface area contributed by atoms with E-state index in [0.29, 0.717) is 5.95 Å². The van der Waals surface area contributed by atoms with Crippen molar-refractivity contribution in [1.29, 1.82) is 0 Å². The lowest BCUT2D eigenvalue weighted by molar-refractivity contribution is 0.315. The van der Waals surface area contributed by atoms with Crippen LogP contribution in [0.1, 0.15) is 18.2 Å². The molecule has 0 spiro atoms. The van der Waals surface area contributed by atoms with Gasteiger partial charge in [-0.2, -0.15) is 11.3 Å². The van der Waals surface area contributed by atoms with E-state index >= 15 is 0 Å². The minimum atomic E-state index is 0.707. The Kier molecular flexibility index (Phi) is 4.66. The van der Waals surface area contributed by atoms with Crippen molar-refractivity contribution in [2.24, 2.45) is 0 Å². The molecule has 0 atom stereocenters. The van der Waals surface area contributed by atoms with Crippen LogP contribution in [0.3, 0.4) is 0 Å². The van der Waals surface area contributed by atoms with E-state index in [9.17, 15) is 0 Å². The van der Waals surface area contributed by atoms with E-state index in [2.05, 4.69) is 44.1 Å². The van der Waals surface area contributed by atoms with Gasteiger partial charge in [0.1, 0.15) is 0 Å². The molecule has 0 aromatic carbocycles. The van der Waals surface area contributed by atoms with Crippen LogP contribution in [0.15, 0.2) is 29.1 Å². The molecule has 2 aromatic heterocycles. The van der Waals surface area contributed by atoms with Crippen LogP contribution in [0.4, 0.5) is 5.95 Å². The van der Waals surface area contributed by atoms with E-state index in [1.165, 1.54) is 5.56 Å². The molecular weight excluding hydrogens is 244 g/mol. The Morgan fingerprint density at radius 2 is 2.22 bits per heavy atom. The molecule has 2 aromatic rings. The fourth-order valence-electron chi connectivity index (χ4n) is 1.75. The largest absolute Gasteiger partial charge is 0.354 e. The smallest absolute Gasteiger partial charge is 0.222 e. The Morgan fingerprint density at radius 1 is 1.33 bits per heavy atom. The third-order valence-corrected chi connectivity index (χ3v) is 3.24. The Bertz CT molecular complexity index is 470. The van der Waals surface area contributed by atoms with Crippen LogP contribution in [-0.4, -0.2) is 28.5 Å². The maximum Gasteiger partial charge on any atom is 0.222 e. The summed E-state index contributed by atoms with van der Waals surface area (Å²) in [4.78, 5) is 10.9. The Balaban J connectivity index is 1.93. The predicted molar refractivity (Wildman–Crippen MR) is 75.7 cm³/mol. The average Bonchev–Trinajstić information content (AvgIpc) is 2.82. The molecule has 0 aliphatic carbocycles. The molecule has 2 rings (SSSR count). The first-order chi connectivity index (χ1) is 8.78. The topological polar surface area (TPSA) is 41.1 Å². The first-order valence-electron chi connectivity index (χ1n) is 6.03. The number of nitrogens with zero attached hydrogens (tertiary/aromatic N) is 3. The predicted octanol–water partition coefficient (Wildman–Crippen LogP) is 2.60. The van der Waals surface area contributed by atoms with Gasteiger partial charge in [0.25, 0.3) is 0 Å². The van der Waals surface area contributed by atoms with Gasteiger partial charge >= 0.3 is 0 Å². The second-order valence-electron chi connectivity index (χ2n) is 4.21.